The van der Waals surface area contributed by atoms with Crippen LogP contribution in [0.5, 0.6) is 5.75 Å². The number of amides is 5. The van der Waals surface area contributed by atoms with E-state index in [0.29, 0.717) is 52.2 Å². The third-order valence-electron chi connectivity index (χ3n) is 7.99. The lowest BCUT2D eigenvalue weighted by Crippen LogP contribution is -2.55. The molecule has 2 N–H and O–H groups in total. The van der Waals surface area contributed by atoms with Gasteiger partial charge >= 0.3 is 12.1 Å². The lowest BCUT2D eigenvalue weighted by Gasteiger charge is -2.38. The Morgan fingerprint density at radius 1 is 1.02 bits per heavy atom. The lowest BCUT2D eigenvalue weighted by molar-refractivity contribution is -0.133. The Kier molecular flexibility index (Phi) is 9.89. The predicted molar refractivity (Wildman–Crippen MR) is 152 cm³/mol. The minimum absolute atomic E-state index is 0. The molecule has 3 fully saturated rings. The number of piperidine rings is 1. The van der Waals surface area contributed by atoms with Crippen LogP contribution in [0.15, 0.2) is 54.6 Å². The summed E-state index contributed by atoms with van der Waals surface area (Å²) in [6.45, 7) is 4.71. The first-order valence-corrected chi connectivity index (χ1v) is 13.6. The fourth-order valence-corrected chi connectivity index (χ4v) is 5.56. The fourth-order valence-electron chi connectivity index (χ4n) is 5.56. The van der Waals surface area contributed by atoms with Crippen LogP contribution in [0.1, 0.15) is 36.4 Å². The Hall–Kier alpha value is -3.34. The van der Waals surface area contributed by atoms with Gasteiger partial charge in [0.2, 0.25) is 0 Å². The Bertz CT molecular complexity index is 1150. The van der Waals surface area contributed by atoms with E-state index < -0.39 is 5.54 Å². The molecular weight excluding hydrogens is 534 g/mol. The van der Waals surface area contributed by atoms with Crippen LogP contribution >= 0.6 is 12.4 Å². The van der Waals surface area contributed by atoms with Crippen molar-refractivity contribution in [3.05, 3.63) is 65.7 Å². The summed E-state index contributed by atoms with van der Waals surface area (Å²) in [5.74, 6) is 0.581. The van der Waals surface area contributed by atoms with Gasteiger partial charge in [-0.3, -0.25) is 9.69 Å². The van der Waals surface area contributed by atoms with Gasteiger partial charge in [-0.15, -0.1) is 12.4 Å². The van der Waals surface area contributed by atoms with Gasteiger partial charge in [0.05, 0.1) is 32.9 Å². The molecule has 0 saturated carbocycles. The molecule has 11 heteroatoms. The fraction of sp³-hybridized carbons (Fsp3) is 0.483. The number of carbonyl (C=O) groups is 3. The number of hydrogen-bond donors (Lipinski definition) is 2. The summed E-state index contributed by atoms with van der Waals surface area (Å²) in [5, 5.41) is 6.22. The molecule has 0 radical (unpaired) electrons. The van der Waals surface area contributed by atoms with Crippen LogP contribution in [-0.2, 0) is 16.1 Å². The minimum atomic E-state index is -0.844. The number of hydrogen-bond acceptors (Lipinski definition) is 6. The van der Waals surface area contributed by atoms with Crippen LogP contribution in [0.4, 0.5) is 9.59 Å². The second-order valence-corrected chi connectivity index (χ2v) is 10.4. The van der Waals surface area contributed by atoms with E-state index in [9.17, 15) is 14.4 Å². The molecule has 0 unspecified atom stereocenters. The van der Waals surface area contributed by atoms with Gasteiger partial charge in [-0.05, 0) is 42.5 Å². The number of carbonyl (C=O) groups excluding carboxylic acids is 3. The zero-order chi connectivity index (χ0) is 27.2. The number of urea groups is 2. The first-order valence-electron chi connectivity index (χ1n) is 13.6. The van der Waals surface area contributed by atoms with Gasteiger partial charge in [0.15, 0.2) is 0 Å². The maximum absolute atomic E-state index is 13.4. The SMILES string of the molecule is COc1ccc(CN2C(=O)NC3(CCN(CC[C@H](NC(=O)N4CCOCC4)c4ccccc4)CC3)C2=O)cc1.Cl. The summed E-state index contributed by atoms with van der Waals surface area (Å²) in [4.78, 5) is 44.5. The van der Waals surface area contributed by atoms with Crippen LogP contribution < -0.4 is 15.4 Å². The number of nitrogens with zero attached hydrogens (tertiary/aromatic N) is 3. The van der Waals surface area contributed by atoms with Crippen molar-refractivity contribution in [1.82, 2.24) is 25.3 Å². The van der Waals surface area contributed by atoms with E-state index in [0.717, 1.165) is 29.8 Å². The number of morpholine rings is 1. The third-order valence-corrected chi connectivity index (χ3v) is 7.99. The van der Waals surface area contributed by atoms with Gasteiger partial charge in [-0.25, -0.2) is 9.59 Å². The first kappa shape index (κ1) is 29.6. The van der Waals surface area contributed by atoms with E-state index in [-0.39, 0.29) is 43.0 Å². The average Bonchev–Trinajstić information content (AvgIpc) is 3.21. The van der Waals surface area contributed by atoms with Crippen LogP contribution in [0, 0.1) is 0 Å². The molecule has 216 valence electrons. The minimum Gasteiger partial charge on any atom is -0.497 e. The molecule has 3 saturated heterocycles. The molecule has 5 amide bonds. The van der Waals surface area contributed by atoms with Crippen LogP contribution in [-0.4, -0.2) is 91.3 Å². The van der Waals surface area contributed by atoms with E-state index in [4.69, 9.17) is 9.47 Å². The van der Waals surface area contributed by atoms with Gasteiger partial charge in [-0.1, -0.05) is 42.5 Å². The normalized spacial score (nSPS) is 19.6. The molecule has 10 nitrogen and oxygen atoms in total. The summed E-state index contributed by atoms with van der Waals surface area (Å²) in [7, 11) is 1.60. The summed E-state index contributed by atoms with van der Waals surface area (Å²) in [6.07, 6.45) is 1.87. The molecular formula is C29H38ClN5O5. The maximum Gasteiger partial charge on any atom is 0.325 e. The molecule has 1 spiro atoms. The van der Waals surface area contributed by atoms with Gasteiger partial charge in [0.1, 0.15) is 11.3 Å². The molecule has 0 bridgehead atoms. The molecule has 2 aromatic carbocycles. The number of rotatable bonds is 8. The zero-order valence-corrected chi connectivity index (χ0v) is 23.7. The Labute approximate surface area is 241 Å². The monoisotopic (exact) mass is 571 g/mol. The smallest absolute Gasteiger partial charge is 0.325 e. The highest BCUT2D eigenvalue weighted by Gasteiger charge is 2.52. The Morgan fingerprint density at radius 3 is 2.35 bits per heavy atom. The number of halogens is 1. The first-order chi connectivity index (χ1) is 19.0. The molecule has 1 atom stereocenters. The molecule has 40 heavy (non-hydrogen) atoms. The largest absolute Gasteiger partial charge is 0.497 e. The number of ether oxygens (including phenoxy) is 2. The van der Waals surface area contributed by atoms with Gasteiger partial charge in [0.25, 0.3) is 5.91 Å². The number of methoxy groups -OCH3 is 1. The molecule has 5 rings (SSSR count). The van der Waals surface area contributed by atoms with Gasteiger partial charge in [0, 0.05) is 32.7 Å². The number of benzene rings is 2. The lowest BCUT2D eigenvalue weighted by atomic mass is 9.87. The summed E-state index contributed by atoms with van der Waals surface area (Å²) >= 11 is 0. The summed E-state index contributed by atoms with van der Waals surface area (Å²) in [5.41, 5.74) is 1.10. The highest BCUT2D eigenvalue weighted by atomic mass is 35.5. The van der Waals surface area contributed by atoms with Gasteiger partial charge < -0.3 is 29.9 Å². The molecule has 0 aliphatic carbocycles. The quantitative estimate of drug-likeness (QED) is 0.472. The molecule has 0 aromatic heterocycles. The van der Waals surface area contributed by atoms with Crippen molar-refractivity contribution in [2.24, 2.45) is 0 Å². The number of likely N-dealkylation sites (tertiary alicyclic amines) is 1. The van der Waals surface area contributed by atoms with E-state index in [1.54, 1.807) is 12.0 Å². The molecule has 3 aliphatic heterocycles. The van der Waals surface area contributed by atoms with Crippen molar-refractivity contribution in [3.8, 4) is 5.75 Å². The molecule has 3 aliphatic rings. The second-order valence-electron chi connectivity index (χ2n) is 10.4. The predicted octanol–water partition coefficient (Wildman–Crippen LogP) is 3.18. The van der Waals surface area contributed by atoms with E-state index in [1.807, 2.05) is 54.6 Å². The highest BCUT2D eigenvalue weighted by Crippen LogP contribution is 2.31. The van der Waals surface area contributed by atoms with E-state index in [2.05, 4.69) is 15.5 Å². The average molecular weight is 572 g/mol. The number of imide groups is 1. The second kappa shape index (κ2) is 13.3. The standard InChI is InChI=1S/C29H37N5O5.ClH/c1-38-24-9-7-22(8-10-24)21-34-26(35)29(31-28(34)37)12-15-32(16-13-29)14-11-25(23-5-3-2-4-6-23)30-27(36)33-17-19-39-20-18-33;/h2-10,25H,11-21H2,1H3,(H,30,36)(H,31,37);1H/t25-;/m0./s1. The Balaban J connectivity index is 0.00000370. The van der Waals surface area contributed by atoms with Crippen molar-refractivity contribution in [2.75, 3.05) is 53.0 Å². The van der Waals surface area contributed by atoms with Gasteiger partial charge in [-0.2, -0.15) is 0 Å². The summed E-state index contributed by atoms with van der Waals surface area (Å²) in [6, 6.07) is 16.9. The van der Waals surface area contributed by atoms with Crippen molar-refractivity contribution in [2.45, 2.75) is 37.4 Å². The van der Waals surface area contributed by atoms with E-state index >= 15 is 0 Å². The highest BCUT2D eigenvalue weighted by molar-refractivity contribution is 6.07. The van der Waals surface area contributed by atoms with Crippen LogP contribution in [0.3, 0.4) is 0 Å². The van der Waals surface area contributed by atoms with Crippen molar-refractivity contribution < 1.29 is 23.9 Å². The van der Waals surface area contributed by atoms with Crippen LogP contribution in [0.25, 0.3) is 0 Å². The zero-order valence-electron chi connectivity index (χ0n) is 22.8. The van der Waals surface area contributed by atoms with Crippen LogP contribution in [0.2, 0.25) is 0 Å². The Morgan fingerprint density at radius 2 is 1.70 bits per heavy atom. The third kappa shape index (κ3) is 6.68. The van der Waals surface area contributed by atoms with Crippen molar-refractivity contribution in [3.63, 3.8) is 0 Å². The van der Waals surface area contributed by atoms with E-state index in [1.165, 1.54) is 4.90 Å². The van der Waals surface area contributed by atoms with Crippen molar-refractivity contribution in [1.29, 1.82) is 0 Å². The van der Waals surface area contributed by atoms with Crippen molar-refractivity contribution >= 4 is 30.4 Å². The molecule has 2 aromatic rings. The molecule has 3 heterocycles. The maximum atomic E-state index is 13.4. The topological polar surface area (TPSA) is 103 Å². The summed E-state index contributed by atoms with van der Waals surface area (Å²) < 4.78 is 10.6. The number of nitrogens with one attached hydrogen (secondary N) is 2.